The molecule has 5 aromatic heterocycles. The molecule has 0 bridgehead atoms. The van der Waals surface area contributed by atoms with Gasteiger partial charge in [-0.1, -0.05) is 6.42 Å². The van der Waals surface area contributed by atoms with Crippen LogP contribution in [-0.4, -0.2) is 41.1 Å². The fourth-order valence-electron chi connectivity index (χ4n) is 4.98. The number of phenols is 1. The summed E-state index contributed by atoms with van der Waals surface area (Å²) in [6.07, 6.45) is 9.69. The van der Waals surface area contributed by atoms with E-state index in [0.717, 1.165) is 52.8 Å². The molecule has 1 aromatic carbocycles. The first kappa shape index (κ1) is 23.0. The normalized spacial score (nSPS) is 13.6. The molecule has 1 aliphatic rings. The lowest BCUT2D eigenvalue weighted by Crippen LogP contribution is -2.28. The zero-order valence-electron chi connectivity index (χ0n) is 20.6. The number of carbonyl (C=O) groups is 1. The summed E-state index contributed by atoms with van der Waals surface area (Å²) in [7, 11) is 0. The van der Waals surface area contributed by atoms with Gasteiger partial charge in [0, 0.05) is 52.5 Å². The summed E-state index contributed by atoms with van der Waals surface area (Å²) in [5, 5.41) is 21.9. The van der Waals surface area contributed by atoms with Gasteiger partial charge in [-0.15, -0.1) is 0 Å². The molecule has 5 heterocycles. The van der Waals surface area contributed by atoms with Crippen LogP contribution in [0.3, 0.4) is 0 Å². The van der Waals surface area contributed by atoms with Gasteiger partial charge in [0.2, 0.25) is 5.91 Å². The Labute approximate surface area is 221 Å². The number of fused-ring (bicyclic) bond motifs is 2. The number of H-pyrrole nitrogens is 2. The maximum Gasteiger partial charge on any atom is 0.227 e. The Morgan fingerprint density at radius 1 is 0.949 bits per heavy atom. The molecule has 7 rings (SSSR count). The largest absolute Gasteiger partial charge is 0.508 e. The zero-order chi connectivity index (χ0) is 26.5. The van der Waals surface area contributed by atoms with Crippen LogP contribution < -0.4 is 5.32 Å². The quantitative estimate of drug-likeness (QED) is 0.227. The second-order valence-electron chi connectivity index (χ2n) is 9.77. The van der Waals surface area contributed by atoms with Gasteiger partial charge < -0.3 is 15.4 Å². The molecule has 1 amide bonds. The summed E-state index contributed by atoms with van der Waals surface area (Å²) >= 11 is 0. The number of amides is 1. The van der Waals surface area contributed by atoms with Gasteiger partial charge in [0.05, 0.1) is 17.6 Å². The zero-order valence-corrected chi connectivity index (χ0v) is 20.6. The van der Waals surface area contributed by atoms with Crippen LogP contribution >= 0.6 is 0 Å². The summed E-state index contributed by atoms with van der Waals surface area (Å²) in [4.78, 5) is 29.0. The van der Waals surface area contributed by atoms with E-state index in [4.69, 9.17) is 0 Å². The number of aromatic amines is 2. The van der Waals surface area contributed by atoms with E-state index in [1.165, 1.54) is 12.1 Å². The lowest BCUT2D eigenvalue weighted by Gasteiger charge is -2.24. The predicted octanol–water partition coefficient (Wildman–Crippen LogP) is 5.81. The third-order valence-electron chi connectivity index (χ3n) is 7.21. The third kappa shape index (κ3) is 4.15. The molecule has 1 fully saturated rings. The lowest BCUT2D eigenvalue weighted by molar-refractivity contribution is -0.122. The Balaban J connectivity index is 1.27. The first-order valence-corrected chi connectivity index (χ1v) is 12.6. The fourth-order valence-corrected chi connectivity index (χ4v) is 4.98. The van der Waals surface area contributed by atoms with Crippen LogP contribution in [0.4, 0.5) is 10.1 Å². The minimum Gasteiger partial charge on any atom is -0.508 e. The molecule has 0 spiro atoms. The van der Waals surface area contributed by atoms with Gasteiger partial charge >= 0.3 is 0 Å². The SMILES string of the molecule is O=C(Nc1cncc(-c2cnc3[nH]nc(-c4cc5c(-c6cc(O)cc(F)c6)ccnc5[nH]4)c3c2)c1)C1CCC1. The number of hydrogen-bond donors (Lipinski definition) is 4. The van der Waals surface area contributed by atoms with Gasteiger partial charge in [-0.25, -0.2) is 14.4 Å². The highest BCUT2D eigenvalue weighted by Gasteiger charge is 2.25. The summed E-state index contributed by atoms with van der Waals surface area (Å²) in [6.45, 7) is 0. The molecular formula is C29H22FN7O2. The smallest absolute Gasteiger partial charge is 0.227 e. The minimum absolute atomic E-state index is 0.0335. The number of aromatic nitrogens is 6. The van der Waals surface area contributed by atoms with Crippen molar-refractivity contribution in [2.75, 3.05) is 5.32 Å². The minimum atomic E-state index is -0.524. The van der Waals surface area contributed by atoms with Crippen LogP contribution in [0.2, 0.25) is 0 Å². The number of aromatic hydroxyl groups is 1. The number of carbonyl (C=O) groups excluding carboxylic acids is 1. The van der Waals surface area contributed by atoms with Crippen molar-refractivity contribution in [2.24, 2.45) is 5.92 Å². The van der Waals surface area contributed by atoms with E-state index in [9.17, 15) is 14.3 Å². The van der Waals surface area contributed by atoms with Crippen molar-refractivity contribution in [1.29, 1.82) is 0 Å². The predicted molar refractivity (Wildman–Crippen MR) is 145 cm³/mol. The van der Waals surface area contributed by atoms with E-state index >= 15 is 0 Å². The van der Waals surface area contributed by atoms with Crippen molar-refractivity contribution in [3.8, 4) is 39.4 Å². The van der Waals surface area contributed by atoms with E-state index in [2.05, 4.69) is 35.5 Å². The molecule has 4 N–H and O–H groups in total. The van der Waals surface area contributed by atoms with Crippen LogP contribution in [-0.2, 0) is 4.79 Å². The Morgan fingerprint density at radius 3 is 2.64 bits per heavy atom. The number of nitrogens with zero attached hydrogens (tertiary/aromatic N) is 4. The Hall–Kier alpha value is -5.12. The lowest BCUT2D eigenvalue weighted by atomic mass is 9.85. The van der Waals surface area contributed by atoms with Crippen LogP contribution in [0.15, 0.2) is 67.3 Å². The molecule has 6 aromatic rings. The number of halogens is 1. The van der Waals surface area contributed by atoms with E-state index in [1.54, 1.807) is 30.9 Å². The van der Waals surface area contributed by atoms with Gasteiger partial charge in [0.25, 0.3) is 0 Å². The first-order valence-electron chi connectivity index (χ1n) is 12.6. The van der Waals surface area contributed by atoms with Crippen LogP contribution in [0.5, 0.6) is 5.75 Å². The highest BCUT2D eigenvalue weighted by molar-refractivity contribution is 6.00. The van der Waals surface area contributed by atoms with Crippen molar-refractivity contribution in [1.82, 2.24) is 30.1 Å². The van der Waals surface area contributed by atoms with E-state index in [1.807, 2.05) is 18.2 Å². The Morgan fingerprint density at radius 2 is 1.82 bits per heavy atom. The van der Waals surface area contributed by atoms with Crippen LogP contribution in [0.1, 0.15) is 19.3 Å². The van der Waals surface area contributed by atoms with E-state index in [0.29, 0.717) is 33.9 Å². The van der Waals surface area contributed by atoms with Gasteiger partial charge in [-0.2, -0.15) is 5.10 Å². The van der Waals surface area contributed by atoms with Crippen molar-refractivity contribution in [2.45, 2.75) is 19.3 Å². The summed E-state index contributed by atoms with van der Waals surface area (Å²) < 4.78 is 14.0. The van der Waals surface area contributed by atoms with Crippen molar-refractivity contribution in [3.63, 3.8) is 0 Å². The molecule has 0 atom stereocenters. The Kier molecular flexibility index (Phi) is 5.32. The molecule has 39 heavy (non-hydrogen) atoms. The van der Waals surface area contributed by atoms with Crippen LogP contribution in [0.25, 0.3) is 55.7 Å². The van der Waals surface area contributed by atoms with Gasteiger partial charge in [0.1, 0.15) is 22.9 Å². The number of anilines is 1. The molecule has 192 valence electrons. The highest BCUT2D eigenvalue weighted by atomic mass is 19.1. The molecule has 0 aliphatic heterocycles. The number of phenolic OH excluding ortho intramolecular Hbond substituents is 1. The standard InChI is InChI=1S/C29H22FN7O2/c30-19-6-16(8-21(38)10-19)22-4-5-32-27-23(22)11-25(35-27)26-24-9-18(13-33-28(24)37-36-26)17-7-20(14-31-12-17)34-29(39)15-2-1-3-15/h4-15,38H,1-3H2,(H,32,35)(H,34,39)(H,33,36,37). The molecular weight excluding hydrogens is 497 g/mol. The number of pyridine rings is 3. The second-order valence-corrected chi connectivity index (χ2v) is 9.77. The molecule has 0 unspecified atom stereocenters. The monoisotopic (exact) mass is 519 g/mol. The number of nitrogens with one attached hydrogen (secondary N) is 3. The maximum atomic E-state index is 14.0. The summed E-state index contributed by atoms with van der Waals surface area (Å²) in [6, 6.07) is 11.5. The van der Waals surface area contributed by atoms with Gasteiger partial charge in [-0.3, -0.25) is 14.9 Å². The number of hydrogen-bond acceptors (Lipinski definition) is 6. The van der Waals surface area contributed by atoms with Crippen molar-refractivity contribution in [3.05, 3.63) is 73.1 Å². The number of benzene rings is 1. The van der Waals surface area contributed by atoms with Gasteiger partial charge in [0.15, 0.2) is 5.65 Å². The molecule has 1 aliphatic carbocycles. The molecule has 10 heteroatoms. The Bertz CT molecular complexity index is 1870. The third-order valence-corrected chi connectivity index (χ3v) is 7.21. The molecule has 9 nitrogen and oxygen atoms in total. The van der Waals surface area contributed by atoms with E-state index < -0.39 is 5.82 Å². The average molecular weight is 520 g/mol. The summed E-state index contributed by atoms with van der Waals surface area (Å²) in [5.74, 6) is -0.559. The first-order chi connectivity index (χ1) is 19.0. The summed E-state index contributed by atoms with van der Waals surface area (Å²) in [5.41, 5.74) is 6.11. The van der Waals surface area contributed by atoms with Gasteiger partial charge in [-0.05, 0) is 60.4 Å². The van der Waals surface area contributed by atoms with E-state index in [-0.39, 0.29) is 17.6 Å². The molecule has 1 saturated carbocycles. The fraction of sp³-hybridized carbons (Fsp3) is 0.138. The highest BCUT2D eigenvalue weighted by Crippen LogP contribution is 2.35. The van der Waals surface area contributed by atoms with Crippen molar-refractivity contribution >= 4 is 33.7 Å². The molecule has 0 radical (unpaired) electrons. The topological polar surface area (TPSA) is 132 Å². The van der Waals surface area contributed by atoms with Crippen molar-refractivity contribution < 1.29 is 14.3 Å². The van der Waals surface area contributed by atoms with Crippen LogP contribution in [0, 0.1) is 11.7 Å². The maximum absolute atomic E-state index is 14.0. The number of rotatable bonds is 5. The average Bonchev–Trinajstić information content (AvgIpc) is 3.50. The molecule has 0 saturated heterocycles. The second kappa shape index (κ2) is 9.02.